The summed E-state index contributed by atoms with van der Waals surface area (Å²) in [6, 6.07) is 8.76. The summed E-state index contributed by atoms with van der Waals surface area (Å²) < 4.78 is 46.4. The number of carbonyl (C=O) groups is 1. The van der Waals surface area contributed by atoms with Gasteiger partial charge in [-0.3, -0.25) is 4.79 Å². The molecule has 0 aromatic heterocycles. The van der Waals surface area contributed by atoms with E-state index < -0.39 is 21.7 Å². The highest BCUT2D eigenvalue weighted by Gasteiger charge is 2.27. The smallest absolute Gasteiger partial charge is 0.243 e. The maximum atomic E-state index is 14.1. The number of halogens is 3. The van der Waals surface area contributed by atoms with Crippen LogP contribution in [0.5, 0.6) is 0 Å². The van der Waals surface area contributed by atoms with Gasteiger partial charge in [-0.15, -0.1) is 0 Å². The van der Waals surface area contributed by atoms with Crippen LogP contribution in [0.2, 0.25) is 5.02 Å². The average Bonchev–Trinajstić information content (AvgIpc) is 2.68. The molecule has 6 nitrogen and oxygen atoms in total. The first-order chi connectivity index (χ1) is 13.3. The molecule has 0 unspecified atom stereocenters. The third kappa shape index (κ3) is 4.72. The summed E-state index contributed by atoms with van der Waals surface area (Å²) in [5.74, 6) is -1.03. The second-order valence-corrected chi connectivity index (χ2v) is 9.30. The molecule has 1 N–H and O–H groups in total. The number of hydrogen-bond acceptors (Lipinski definition) is 4. The maximum Gasteiger partial charge on any atom is 0.243 e. The lowest BCUT2D eigenvalue weighted by molar-refractivity contribution is -0.115. The summed E-state index contributed by atoms with van der Waals surface area (Å²) >= 11 is 9.19. The van der Waals surface area contributed by atoms with Crippen LogP contribution in [0.1, 0.15) is 5.56 Å². The van der Waals surface area contributed by atoms with Crippen LogP contribution >= 0.6 is 27.5 Å². The maximum absolute atomic E-state index is 14.1. The van der Waals surface area contributed by atoms with Gasteiger partial charge in [-0.25, -0.2) is 12.8 Å². The highest BCUT2D eigenvalue weighted by Crippen LogP contribution is 2.28. The summed E-state index contributed by atoms with van der Waals surface area (Å²) in [6.45, 7) is 1.17. The fraction of sp³-hybridized carbons (Fsp3) is 0.278. The number of ether oxygens (including phenoxy) is 1. The number of morpholine rings is 1. The minimum absolute atomic E-state index is 0.0164. The molecule has 0 saturated carbocycles. The number of rotatable bonds is 5. The third-order valence-corrected chi connectivity index (χ3v) is 7.04. The van der Waals surface area contributed by atoms with Crippen LogP contribution in [0.15, 0.2) is 45.8 Å². The quantitative estimate of drug-likeness (QED) is 0.695. The van der Waals surface area contributed by atoms with E-state index in [0.29, 0.717) is 13.2 Å². The predicted molar refractivity (Wildman–Crippen MR) is 107 cm³/mol. The largest absolute Gasteiger partial charge is 0.379 e. The summed E-state index contributed by atoms with van der Waals surface area (Å²) in [5, 5.41) is 2.74. The van der Waals surface area contributed by atoms with Crippen LogP contribution in [0.4, 0.5) is 10.1 Å². The van der Waals surface area contributed by atoms with Crippen molar-refractivity contribution in [3.63, 3.8) is 0 Å². The molecule has 0 spiro atoms. The molecule has 0 bridgehead atoms. The van der Waals surface area contributed by atoms with Crippen LogP contribution in [0.3, 0.4) is 0 Å². The predicted octanol–water partition coefficient (Wildman–Crippen LogP) is 3.44. The second-order valence-electron chi connectivity index (χ2n) is 6.10. The highest BCUT2D eigenvalue weighted by molar-refractivity contribution is 9.10. The fourth-order valence-corrected chi connectivity index (χ4v) is 4.76. The second kappa shape index (κ2) is 8.87. The van der Waals surface area contributed by atoms with E-state index in [4.69, 9.17) is 16.3 Å². The number of sulfonamides is 1. The topological polar surface area (TPSA) is 75.7 Å². The first-order valence-corrected chi connectivity index (χ1v) is 11.0. The Morgan fingerprint density at radius 2 is 1.96 bits per heavy atom. The van der Waals surface area contributed by atoms with Crippen molar-refractivity contribution in [2.24, 2.45) is 0 Å². The van der Waals surface area contributed by atoms with Crippen molar-refractivity contribution in [3.8, 4) is 0 Å². The number of amides is 1. The van der Waals surface area contributed by atoms with Crippen molar-refractivity contribution in [1.82, 2.24) is 4.31 Å². The first kappa shape index (κ1) is 21.2. The van der Waals surface area contributed by atoms with Gasteiger partial charge in [0.25, 0.3) is 0 Å². The summed E-state index contributed by atoms with van der Waals surface area (Å²) in [5.41, 5.74) is 0.358. The molecule has 3 rings (SSSR count). The molecule has 2 aromatic carbocycles. The molecule has 1 amide bonds. The molecule has 1 heterocycles. The lowest BCUT2D eigenvalue weighted by Crippen LogP contribution is -2.40. The van der Waals surface area contributed by atoms with Gasteiger partial charge in [0, 0.05) is 13.1 Å². The Balaban J connectivity index is 1.79. The summed E-state index contributed by atoms with van der Waals surface area (Å²) in [6.07, 6.45) is -0.220. The van der Waals surface area contributed by atoms with Crippen molar-refractivity contribution in [2.45, 2.75) is 11.3 Å². The van der Waals surface area contributed by atoms with Gasteiger partial charge in [0.05, 0.1) is 39.7 Å². The summed E-state index contributed by atoms with van der Waals surface area (Å²) in [7, 11) is -3.73. The Kier molecular flexibility index (Phi) is 6.72. The molecule has 2 aromatic rings. The molecule has 0 atom stereocenters. The number of nitrogens with zero attached hydrogens (tertiary/aromatic N) is 1. The Morgan fingerprint density at radius 1 is 1.25 bits per heavy atom. The van der Waals surface area contributed by atoms with Gasteiger partial charge in [-0.05, 0) is 45.8 Å². The van der Waals surface area contributed by atoms with Crippen LogP contribution in [0, 0.1) is 5.82 Å². The van der Waals surface area contributed by atoms with E-state index in [2.05, 4.69) is 21.2 Å². The molecule has 28 heavy (non-hydrogen) atoms. The van der Waals surface area contributed by atoms with Crippen LogP contribution < -0.4 is 5.32 Å². The molecule has 150 valence electrons. The Hall–Kier alpha value is -1.52. The molecule has 0 aliphatic carbocycles. The Labute approximate surface area is 175 Å². The van der Waals surface area contributed by atoms with Crippen molar-refractivity contribution < 1.29 is 22.3 Å². The van der Waals surface area contributed by atoms with E-state index in [0.717, 1.165) is 0 Å². The lowest BCUT2D eigenvalue weighted by Gasteiger charge is -2.26. The van der Waals surface area contributed by atoms with Gasteiger partial charge in [0.1, 0.15) is 5.82 Å². The van der Waals surface area contributed by atoms with Crippen LogP contribution in [0.25, 0.3) is 0 Å². The summed E-state index contributed by atoms with van der Waals surface area (Å²) in [4.78, 5) is 12.3. The normalized spacial score (nSPS) is 15.4. The zero-order chi connectivity index (χ0) is 20.3. The van der Waals surface area contributed by atoms with Gasteiger partial charge >= 0.3 is 0 Å². The van der Waals surface area contributed by atoms with Crippen LogP contribution in [-0.2, 0) is 26.0 Å². The molecule has 1 aliphatic rings. The third-order valence-electron chi connectivity index (χ3n) is 4.20. The Morgan fingerprint density at radius 3 is 2.68 bits per heavy atom. The molecule has 10 heteroatoms. The standard InChI is InChI=1S/C18H17BrClFN2O4S/c19-14-3-1-2-12(18(14)21)10-17(24)22-16-11-13(4-5-15(16)20)28(25,26)23-6-8-27-9-7-23/h1-5,11H,6-10H2,(H,22,24). The van der Waals surface area contributed by atoms with E-state index in [1.807, 2.05) is 0 Å². The molecule has 1 fully saturated rings. The van der Waals surface area contributed by atoms with Crippen LogP contribution in [-0.4, -0.2) is 44.9 Å². The average molecular weight is 492 g/mol. The first-order valence-electron chi connectivity index (χ1n) is 8.39. The minimum Gasteiger partial charge on any atom is -0.379 e. The SMILES string of the molecule is O=C(Cc1cccc(Br)c1F)Nc1cc(S(=O)(=O)N2CCOCC2)ccc1Cl. The molecule has 1 aliphatic heterocycles. The molecular formula is C18H17BrClFN2O4S. The number of carbonyl (C=O) groups excluding carboxylic acids is 1. The van der Waals surface area contributed by atoms with E-state index in [-0.39, 0.29) is 45.2 Å². The van der Waals surface area contributed by atoms with Gasteiger partial charge in [-0.2, -0.15) is 4.31 Å². The number of nitrogens with one attached hydrogen (secondary N) is 1. The van der Waals surface area contributed by atoms with E-state index >= 15 is 0 Å². The lowest BCUT2D eigenvalue weighted by atomic mass is 10.1. The van der Waals surface area contributed by atoms with Crippen molar-refractivity contribution >= 4 is 49.1 Å². The molecular weight excluding hydrogens is 475 g/mol. The van der Waals surface area contributed by atoms with Crippen molar-refractivity contribution in [1.29, 1.82) is 0 Å². The van der Waals surface area contributed by atoms with E-state index in [1.165, 1.54) is 34.6 Å². The molecule has 1 saturated heterocycles. The van der Waals surface area contributed by atoms with Gasteiger partial charge in [-0.1, -0.05) is 23.7 Å². The zero-order valence-electron chi connectivity index (χ0n) is 14.6. The van der Waals surface area contributed by atoms with Crippen molar-refractivity contribution in [3.05, 3.63) is 57.3 Å². The van der Waals surface area contributed by atoms with Gasteiger partial charge < -0.3 is 10.1 Å². The number of hydrogen-bond donors (Lipinski definition) is 1. The Bertz CT molecular complexity index is 997. The minimum atomic E-state index is -3.73. The fourth-order valence-electron chi connectivity index (χ4n) is 2.75. The van der Waals surface area contributed by atoms with Gasteiger partial charge in [0.2, 0.25) is 15.9 Å². The van der Waals surface area contributed by atoms with E-state index in [9.17, 15) is 17.6 Å². The van der Waals surface area contributed by atoms with E-state index in [1.54, 1.807) is 6.07 Å². The highest BCUT2D eigenvalue weighted by atomic mass is 79.9. The number of benzene rings is 2. The zero-order valence-corrected chi connectivity index (χ0v) is 17.8. The molecule has 0 radical (unpaired) electrons. The van der Waals surface area contributed by atoms with Gasteiger partial charge in [0.15, 0.2) is 0 Å². The van der Waals surface area contributed by atoms with Crippen molar-refractivity contribution in [2.75, 3.05) is 31.6 Å². The number of anilines is 1. The monoisotopic (exact) mass is 490 g/mol.